The van der Waals surface area contributed by atoms with Crippen LogP contribution < -0.4 is 5.32 Å². The molecule has 23 heavy (non-hydrogen) atoms. The molecule has 0 radical (unpaired) electrons. The molecule has 3 fully saturated rings. The molecule has 2 amide bonds. The number of rotatable bonds is 2. The van der Waals surface area contributed by atoms with E-state index >= 15 is 0 Å². The van der Waals surface area contributed by atoms with E-state index in [1.807, 2.05) is 6.07 Å². The Bertz CT molecular complexity index is 604. The second kappa shape index (κ2) is 5.96. The summed E-state index contributed by atoms with van der Waals surface area (Å²) in [5.41, 5.74) is 1.31. The van der Waals surface area contributed by atoms with Gasteiger partial charge in [-0.15, -0.1) is 0 Å². The Labute approximate surface area is 136 Å². The molecule has 3 aliphatic heterocycles. The number of carbonyl (C=O) groups excluding carboxylic acids is 2. The lowest BCUT2D eigenvalue weighted by atomic mass is 9.93. The molecule has 3 saturated heterocycles. The van der Waals surface area contributed by atoms with Gasteiger partial charge in [-0.1, -0.05) is 30.3 Å². The van der Waals surface area contributed by atoms with Gasteiger partial charge in [0.25, 0.3) is 0 Å². The predicted octanol–water partition coefficient (Wildman–Crippen LogP) is 1.17. The SMILES string of the molecule is O=C1CN(C(=O)[C@H]2C[C@@H](c3ccccc3)N3CCC[C@H]23)CCN1. The van der Waals surface area contributed by atoms with Gasteiger partial charge in [0.15, 0.2) is 0 Å². The third kappa shape index (κ3) is 2.63. The smallest absolute Gasteiger partial charge is 0.239 e. The summed E-state index contributed by atoms with van der Waals surface area (Å²) in [6.45, 7) is 2.52. The van der Waals surface area contributed by atoms with E-state index in [0.29, 0.717) is 25.2 Å². The Morgan fingerprint density at radius 2 is 2.00 bits per heavy atom. The maximum atomic E-state index is 13.0. The Morgan fingerprint density at radius 1 is 1.17 bits per heavy atom. The zero-order valence-corrected chi connectivity index (χ0v) is 13.3. The number of benzene rings is 1. The molecule has 1 aromatic rings. The molecule has 1 N–H and O–H groups in total. The van der Waals surface area contributed by atoms with Crippen LogP contribution in [0.2, 0.25) is 0 Å². The Hall–Kier alpha value is -1.88. The maximum absolute atomic E-state index is 13.0. The summed E-state index contributed by atoms with van der Waals surface area (Å²) in [5.74, 6) is 0.175. The minimum atomic E-state index is -0.0366. The second-order valence-corrected chi connectivity index (χ2v) is 6.83. The summed E-state index contributed by atoms with van der Waals surface area (Å²) in [6.07, 6.45) is 3.14. The van der Waals surface area contributed by atoms with Crippen LogP contribution >= 0.6 is 0 Å². The number of hydrogen-bond acceptors (Lipinski definition) is 3. The standard InChI is InChI=1S/C18H23N3O2/c22-17-12-20(10-8-19-17)18(23)14-11-16(13-5-2-1-3-6-13)21-9-4-7-15(14)21/h1-3,5-6,14-16H,4,7-12H2,(H,19,22)/t14-,15+,16-/m0/s1. The van der Waals surface area contributed by atoms with E-state index in [-0.39, 0.29) is 24.3 Å². The van der Waals surface area contributed by atoms with Gasteiger partial charge in [-0.05, 0) is 31.4 Å². The number of hydrogen-bond donors (Lipinski definition) is 1. The highest BCUT2D eigenvalue weighted by Gasteiger charge is 2.48. The summed E-state index contributed by atoms with van der Waals surface area (Å²) in [7, 11) is 0. The average molecular weight is 313 g/mol. The normalized spacial score (nSPS) is 31.0. The maximum Gasteiger partial charge on any atom is 0.239 e. The van der Waals surface area contributed by atoms with Crippen molar-refractivity contribution in [2.24, 2.45) is 5.92 Å². The van der Waals surface area contributed by atoms with Crippen molar-refractivity contribution in [3.63, 3.8) is 0 Å². The predicted molar refractivity (Wildman–Crippen MR) is 86.6 cm³/mol. The minimum absolute atomic E-state index is 0.0357. The first-order chi connectivity index (χ1) is 11.2. The first kappa shape index (κ1) is 14.7. The van der Waals surface area contributed by atoms with Crippen molar-refractivity contribution in [3.05, 3.63) is 35.9 Å². The van der Waals surface area contributed by atoms with Crippen LogP contribution in [0.25, 0.3) is 0 Å². The molecule has 4 rings (SSSR count). The van der Waals surface area contributed by atoms with Crippen molar-refractivity contribution < 1.29 is 9.59 Å². The van der Waals surface area contributed by atoms with Gasteiger partial charge in [0, 0.05) is 25.2 Å². The highest BCUT2D eigenvalue weighted by atomic mass is 16.2. The van der Waals surface area contributed by atoms with Crippen LogP contribution in [0, 0.1) is 5.92 Å². The van der Waals surface area contributed by atoms with Crippen LogP contribution in [0.1, 0.15) is 30.9 Å². The Kier molecular flexibility index (Phi) is 3.81. The molecule has 0 saturated carbocycles. The quantitative estimate of drug-likeness (QED) is 0.892. The van der Waals surface area contributed by atoms with Crippen LogP contribution in [-0.4, -0.2) is 53.8 Å². The minimum Gasteiger partial charge on any atom is -0.353 e. The number of amides is 2. The molecular formula is C18H23N3O2. The molecule has 3 heterocycles. The van der Waals surface area contributed by atoms with E-state index in [2.05, 4.69) is 34.5 Å². The van der Waals surface area contributed by atoms with Crippen molar-refractivity contribution in [1.29, 1.82) is 0 Å². The van der Waals surface area contributed by atoms with Crippen LogP contribution in [0.4, 0.5) is 0 Å². The Balaban J connectivity index is 1.55. The molecule has 0 aliphatic carbocycles. The van der Waals surface area contributed by atoms with E-state index < -0.39 is 0 Å². The molecule has 0 bridgehead atoms. The first-order valence-electron chi connectivity index (χ1n) is 8.60. The van der Waals surface area contributed by atoms with Crippen LogP contribution in [0.3, 0.4) is 0 Å². The summed E-state index contributed by atoms with van der Waals surface area (Å²) < 4.78 is 0. The molecule has 0 spiro atoms. The highest BCUT2D eigenvalue weighted by molar-refractivity contribution is 5.87. The van der Waals surface area contributed by atoms with E-state index in [1.54, 1.807) is 4.90 Å². The fourth-order valence-electron chi connectivity index (χ4n) is 4.50. The number of nitrogens with zero attached hydrogens (tertiary/aromatic N) is 2. The number of piperazine rings is 1. The van der Waals surface area contributed by atoms with Gasteiger partial charge in [0.2, 0.25) is 11.8 Å². The molecular weight excluding hydrogens is 290 g/mol. The van der Waals surface area contributed by atoms with Gasteiger partial charge in [0.1, 0.15) is 0 Å². The van der Waals surface area contributed by atoms with E-state index in [1.165, 1.54) is 5.56 Å². The summed E-state index contributed by atoms with van der Waals surface area (Å²) in [5, 5.41) is 2.80. The lowest BCUT2D eigenvalue weighted by Crippen LogP contribution is -2.52. The first-order valence-corrected chi connectivity index (χ1v) is 8.60. The van der Waals surface area contributed by atoms with Gasteiger partial charge in [-0.3, -0.25) is 14.5 Å². The van der Waals surface area contributed by atoms with E-state index in [9.17, 15) is 9.59 Å². The monoisotopic (exact) mass is 313 g/mol. The zero-order chi connectivity index (χ0) is 15.8. The van der Waals surface area contributed by atoms with Crippen LogP contribution in [0.5, 0.6) is 0 Å². The summed E-state index contributed by atoms with van der Waals surface area (Å²) >= 11 is 0. The second-order valence-electron chi connectivity index (χ2n) is 6.83. The topological polar surface area (TPSA) is 52.7 Å². The van der Waals surface area contributed by atoms with Crippen molar-refractivity contribution in [2.75, 3.05) is 26.2 Å². The largest absolute Gasteiger partial charge is 0.353 e. The molecule has 0 aromatic heterocycles. The van der Waals surface area contributed by atoms with Gasteiger partial charge in [-0.2, -0.15) is 0 Å². The summed E-state index contributed by atoms with van der Waals surface area (Å²) in [6, 6.07) is 11.2. The average Bonchev–Trinajstić information content (AvgIpc) is 3.17. The molecule has 3 aliphatic rings. The number of nitrogens with one attached hydrogen (secondary N) is 1. The van der Waals surface area contributed by atoms with Gasteiger partial charge in [-0.25, -0.2) is 0 Å². The van der Waals surface area contributed by atoms with Crippen LogP contribution in [0.15, 0.2) is 30.3 Å². The molecule has 5 heteroatoms. The number of carbonyl (C=O) groups is 2. The van der Waals surface area contributed by atoms with Crippen molar-refractivity contribution >= 4 is 11.8 Å². The van der Waals surface area contributed by atoms with Gasteiger partial charge < -0.3 is 10.2 Å². The zero-order valence-electron chi connectivity index (χ0n) is 13.3. The van der Waals surface area contributed by atoms with Crippen molar-refractivity contribution in [3.8, 4) is 0 Å². The lowest BCUT2D eigenvalue weighted by Gasteiger charge is -2.30. The fraction of sp³-hybridized carbons (Fsp3) is 0.556. The van der Waals surface area contributed by atoms with Crippen LogP contribution in [-0.2, 0) is 9.59 Å². The summed E-state index contributed by atoms with van der Waals surface area (Å²) in [4.78, 5) is 28.8. The third-order valence-electron chi connectivity index (χ3n) is 5.54. The lowest BCUT2D eigenvalue weighted by molar-refractivity contribution is -0.141. The van der Waals surface area contributed by atoms with Gasteiger partial charge in [0.05, 0.1) is 12.5 Å². The molecule has 5 nitrogen and oxygen atoms in total. The van der Waals surface area contributed by atoms with E-state index in [0.717, 1.165) is 25.8 Å². The van der Waals surface area contributed by atoms with Gasteiger partial charge >= 0.3 is 0 Å². The van der Waals surface area contributed by atoms with Crippen molar-refractivity contribution in [2.45, 2.75) is 31.3 Å². The van der Waals surface area contributed by atoms with E-state index in [4.69, 9.17) is 0 Å². The molecule has 1 aromatic carbocycles. The Morgan fingerprint density at radius 3 is 2.78 bits per heavy atom. The number of fused-ring (bicyclic) bond motifs is 1. The molecule has 122 valence electrons. The third-order valence-corrected chi connectivity index (χ3v) is 5.54. The molecule has 0 unspecified atom stereocenters. The fourth-order valence-corrected chi connectivity index (χ4v) is 4.50. The van der Waals surface area contributed by atoms with Crippen molar-refractivity contribution in [1.82, 2.24) is 15.1 Å². The highest BCUT2D eigenvalue weighted by Crippen LogP contribution is 2.45. The molecule has 3 atom stereocenters.